The standard InChI is InChI=1S/C67H41N3O/c1-68-58-42-63(69-59-34-30-48(43-18-7-2-8-19-43)38-54(59)55-39-49(31-35-60(55)69)44-20-9-3-10-21-44)64-53-29-17-28-52(47-26-15-6-16-27-47)66(53)71-67(64)65(58)70-61-36-32-50(45-22-11-4-12-23-45)40-56(61)57-41-51(33-37-62(57)70)46-24-13-5-14-25-46/h2-42H. The molecule has 0 saturated heterocycles. The lowest BCUT2D eigenvalue weighted by molar-refractivity contribution is 0.667. The van der Waals surface area contributed by atoms with E-state index in [1.807, 2.05) is 6.07 Å². The van der Waals surface area contributed by atoms with Crippen molar-refractivity contribution >= 4 is 71.2 Å². The Morgan fingerprint density at radius 3 is 1.08 bits per heavy atom. The molecular formula is C67H41N3O. The lowest BCUT2D eigenvalue weighted by Gasteiger charge is -2.16. The van der Waals surface area contributed by atoms with Gasteiger partial charge in [0.05, 0.1) is 39.7 Å². The van der Waals surface area contributed by atoms with Gasteiger partial charge < -0.3 is 13.6 Å². The highest BCUT2D eigenvalue weighted by molar-refractivity contribution is 6.21. The minimum atomic E-state index is 0.489. The third-order valence-corrected chi connectivity index (χ3v) is 14.3. The average molecular weight is 904 g/mol. The molecule has 0 amide bonds. The van der Waals surface area contributed by atoms with Gasteiger partial charge in [0.15, 0.2) is 5.58 Å². The Labute approximate surface area is 410 Å². The van der Waals surface area contributed by atoms with Crippen LogP contribution in [0.5, 0.6) is 0 Å². The van der Waals surface area contributed by atoms with Gasteiger partial charge in [-0.1, -0.05) is 194 Å². The second-order valence-electron chi connectivity index (χ2n) is 18.3. The van der Waals surface area contributed by atoms with Crippen molar-refractivity contribution in [3.8, 4) is 67.0 Å². The summed E-state index contributed by atoms with van der Waals surface area (Å²) in [5.41, 5.74) is 18.8. The van der Waals surface area contributed by atoms with E-state index in [0.717, 1.165) is 121 Å². The molecule has 4 heteroatoms. The van der Waals surface area contributed by atoms with Crippen molar-refractivity contribution < 1.29 is 4.42 Å². The summed E-state index contributed by atoms with van der Waals surface area (Å²) in [5.74, 6) is 0. The Kier molecular flexibility index (Phi) is 9.23. The fraction of sp³-hybridized carbons (Fsp3) is 0. The maximum Gasteiger partial charge on any atom is 0.216 e. The van der Waals surface area contributed by atoms with Gasteiger partial charge >= 0.3 is 0 Å². The van der Waals surface area contributed by atoms with Gasteiger partial charge in [0.1, 0.15) is 5.58 Å². The van der Waals surface area contributed by atoms with E-state index < -0.39 is 0 Å². The van der Waals surface area contributed by atoms with Gasteiger partial charge in [-0.2, -0.15) is 0 Å². The zero-order valence-electron chi connectivity index (χ0n) is 38.4. The van der Waals surface area contributed by atoms with Crippen molar-refractivity contribution in [2.75, 3.05) is 0 Å². The number of hydrogen-bond donors (Lipinski definition) is 0. The van der Waals surface area contributed by atoms with Crippen LogP contribution in [0.25, 0.3) is 137 Å². The highest BCUT2D eigenvalue weighted by Gasteiger charge is 2.28. The van der Waals surface area contributed by atoms with Crippen molar-refractivity contribution in [3.63, 3.8) is 0 Å². The molecule has 0 aliphatic carbocycles. The number of fused-ring (bicyclic) bond motifs is 9. The largest absolute Gasteiger partial charge is 0.454 e. The van der Waals surface area contributed by atoms with Crippen LogP contribution in [0, 0.1) is 6.57 Å². The Balaban J connectivity index is 1.12. The molecule has 3 heterocycles. The third-order valence-electron chi connectivity index (χ3n) is 14.3. The molecule has 71 heavy (non-hydrogen) atoms. The summed E-state index contributed by atoms with van der Waals surface area (Å²) in [4.78, 5) is 4.47. The predicted octanol–water partition coefficient (Wildman–Crippen LogP) is 18.7. The van der Waals surface area contributed by atoms with Gasteiger partial charge in [0.2, 0.25) is 5.69 Å². The van der Waals surface area contributed by atoms with E-state index in [1.54, 1.807) is 0 Å². The summed E-state index contributed by atoms with van der Waals surface area (Å²) in [6.45, 7) is 9.14. The summed E-state index contributed by atoms with van der Waals surface area (Å²) in [5, 5.41) is 6.37. The zero-order valence-corrected chi connectivity index (χ0v) is 38.4. The van der Waals surface area contributed by atoms with E-state index in [9.17, 15) is 0 Å². The van der Waals surface area contributed by atoms with Crippen LogP contribution >= 0.6 is 0 Å². The SMILES string of the molecule is [C-]#[N+]c1cc(-n2c3ccc(-c4ccccc4)cc3c3cc(-c4ccccc4)ccc32)c2c(oc3c(-c4ccccc4)cccc32)c1-n1c2ccc(-c3ccccc3)cc2c2cc(-c3ccccc3)ccc21. The van der Waals surface area contributed by atoms with E-state index in [1.165, 1.54) is 0 Å². The molecule has 0 bridgehead atoms. The van der Waals surface area contributed by atoms with Gasteiger partial charge in [0, 0.05) is 38.2 Å². The van der Waals surface area contributed by atoms with E-state index in [-0.39, 0.29) is 0 Å². The molecule has 0 N–H and O–H groups in total. The van der Waals surface area contributed by atoms with Crippen LogP contribution < -0.4 is 0 Å². The number of benzene rings is 11. The normalized spacial score (nSPS) is 11.6. The number of furan rings is 1. The molecule has 11 aromatic carbocycles. The molecule has 3 aromatic heterocycles. The van der Waals surface area contributed by atoms with Crippen LogP contribution in [-0.4, -0.2) is 9.13 Å². The molecule has 0 unspecified atom stereocenters. The fourth-order valence-corrected chi connectivity index (χ4v) is 11.0. The Morgan fingerprint density at radius 2 is 0.690 bits per heavy atom. The minimum absolute atomic E-state index is 0.489. The molecule has 0 aliphatic heterocycles. The molecule has 0 fully saturated rings. The molecule has 0 aliphatic rings. The van der Waals surface area contributed by atoms with Crippen LogP contribution in [0.3, 0.4) is 0 Å². The Hall–Kier alpha value is -9.69. The first kappa shape index (κ1) is 40.4. The fourth-order valence-electron chi connectivity index (χ4n) is 11.0. The van der Waals surface area contributed by atoms with E-state index in [0.29, 0.717) is 17.0 Å². The average Bonchev–Trinajstić information content (AvgIpc) is 4.11. The second-order valence-corrected chi connectivity index (χ2v) is 18.3. The molecular weight excluding hydrogens is 863 g/mol. The number of nitrogens with zero attached hydrogens (tertiary/aromatic N) is 3. The second kappa shape index (κ2) is 16.2. The summed E-state index contributed by atoms with van der Waals surface area (Å²) >= 11 is 0. The van der Waals surface area contributed by atoms with Crippen LogP contribution in [-0.2, 0) is 0 Å². The highest BCUT2D eigenvalue weighted by atomic mass is 16.3. The van der Waals surface area contributed by atoms with Crippen molar-refractivity contribution in [1.82, 2.24) is 9.13 Å². The molecule has 14 aromatic rings. The topological polar surface area (TPSA) is 27.4 Å². The summed E-state index contributed by atoms with van der Waals surface area (Å²) in [6, 6.07) is 88.3. The molecule has 14 rings (SSSR count). The number of hydrogen-bond acceptors (Lipinski definition) is 1. The zero-order chi connectivity index (χ0) is 47.0. The van der Waals surface area contributed by atoms with E-state index >= 15 is 0 Å². The van der Waals surface area contributed by atoms with Crippen LogP contribution in [0.4, 0.5) is 5.69 Å². The molecule has 4 nitrogen and oxygen atoms in total. The van der Waals surface area contributed by atoms with Crippen molar-refractivity contribution in [2.24, 2.45) is 0 Å². The monoisotopic (exact) mass is 903 g/mol. The number of para-hydroxylation sites is 1. The van der Waals surface area contributed by atoms with Crippen molar-refractivity contribution in [2.45, 2.75) is 0 Å². The Bertz CT molecular complexity index is 4230. The maximum absolute atomic E-state index is 9.14. The van der Waals surface area contributed by atoms with Gasteiger partial charge in [-0.15, -0.1) is 0 Å². The summed E-state index contributed by atoms with van der Waals surface area (Å²) in [6.07, 6.45) is 0. The van der Waals surface area contributed by atoms with E-state index in [4.69, 9.17) is 11.0 Å². The molecule has 0 radical (unpaired) electrons. The first-order chi connectivity index (χ1) is 35.2. The molecule has 0 spiro atoms. The first-order valence-electron chi connectivity index (χ1n) is 24.0. The van der Waals surface area contributed by atoms with Gasteiger partial charge in [0.25, 0.3) is 0 Å². The summed E-state index contributed by atoms with van der Waals surface area (Å²) in [7, 11) is 0. The Morgan fingerprint density at radius 1 is 0.310 bits per heavy atom. The van der Waals surface area contributed by atoms with Gasteiger partial charge in [-0.3, -0.25) is 0 Å². The molecule has 0 atom stereocenters. The third kappa shape index (κ3) is 6.45. The predicted molar refractivity (Wildman–Crippen MR) is 296 cm³/mol. The lowest BCUT2D eigenvalue weighted by Crippen LogP contribution is -2.00. The first-order valence-corrected chi connectivity index (χ1v) is 24.0. The van der Waals surface area contributed by atoms with Gasteiger partial charge in [-0.05, 0) is 105 Å². The quantitative estimate of drug-likeness (QED) is 0.146. The summed E-state index contributed by atoms with van der Waals surface area (Å²) < 4.78 is 12.1. The van der Waals surface area contributed by atoms with Crippen molar-refractivity contribution in [1.29, 1.82) is 0 Å². The van der Waals surface area contributed by atoms with E-state index in [2.05, 4.69) is 257 Å². The number of aromatic nitrogens is 2. The molecule has 330 valence electrons. The molecule has 0 saturated carbocycles. The van der Waals surface area contributed by atoms with Crippen molar-refractivity contribution in [3.05, 3.63) is 260 Å². The van der Waals surface area contributed by atoms with Crippen LogP contribution in [0.2, 0.25) is 0 Å². The van der Waals surface area contributed by atoms with Crippen LogP contribution in [0.1, 0.15) is 0 Å². The minimum Gasteiger partial charge on any atom is -0.454 e. The maximum atomic E-state index is 9.14. The highest BCUT2D eigenvalue weighted by Crippen LogP contribution is 2.49. The number of rotatable bonds is 7. The smallest absolute Gasteiger partial charge is 0.216 e. The van der Waals surface area contributed by atoms with Crippen LogP contribution in [0.15, 0.2) is 253 Å². The lowest BCUT2D eigenvalue weighted by atomic mass is 10.0. The van der Waals surface area contributed by atoms with Gasteiger partial charge in [-0.25, -0.2) is 4.85 Å².